The number of benzene rings is 1. The van der Waals surface area contributed by atoms with Crippen molar-refractivity contribution < 1.29 is 26.9 Å². The summed E-state index contributed by atoms with van der Waals surface area (Å²) in [7, 11) is -3.59. The Kier molecular flexibility index (Phi) is 6.65. The largest absolute Gasteiger partial charge is 0.444 e. The van der Waals surface area contributed by atoms with E-state index in [0.717, 1.165) is 11.8 Å². The van der Waals surface area contributed by atoms with Crippen LogP contribution < -0.4 is 0 Å². The summed E-state index contributed by atoms with van der Waals surface area (Å²) in [4.78, 5) is 14.0. The highest BCUT2D eigenvalue weighted by atomic mass is 32.2. The van der Waals surface area contributed by atoms with Gasteiger partial charge >= 0.3 is 6.09 Å². The minimum Gasteiger partial charge on any atom is -0.444 e. The summed E-state index contributed by atoms with van der Waals surface area (Å²) in [5.41, 5.74) is 0.398. The molecular weight excluding hydrogens is 358 g/mol. The van der Waals surface area contributed by atoms with Gasteiger partial charge in [0.05, 0.1) is 38.2 Å². The normalized spacial score (nSPS) is 21.0. The highest BCUT2D eigenvalue weighted by molar-refractivity contribution is 7.85. The Morgan fingerprint density at radius 3 is 2.46 bits per heavy atom. The molecule has 1 fully saturated rings. The molecule has 1 aromatic carbocycles. The van der Waals surface area contributed by atoms with E-state index in [1.807, 2.05) is 30.3 Å². The van der Waals surface area contributed by atoms with Gasteiger partial charge in [0.2, 0.25) is 0 Å². The van der Waals surface area contributed by atoms with E-state index in [4.69, 9.17) is 13.7 Å². The van der Waals surface area contributed by atoms with Crippen molar-refractivity contribution in [1.82, 2.24) is 4.90 Å². The van der Waals surface area contributed by atoms with Crippen LogP contribution in [0.5, 0.6) is 0 Å². The zero-order valence-corrected chi connectivity index (χ0v) is 16.5. The Morgan fingerprint density at radius 2 is 1.88 bits per heavy atom. The van der Waals surface area contributed by atoms with Crippen molar-refractivity contribution >= 4 is 16.2 Å². The van der Waals surface area contributed by atoms with Crippen molar-refractivity contribution in [1.29, 1.82) is 0 Å². The van der Waals surface area contributed by atoms with Gasteiger partial charge in [-0.1, -0.05) is 30.3 Å². The van der Waals surface area contributed by atoms with Gasteiger partial charge < -0.3 is 14.4 Å². The maximum Gasteiger partial charge on any atom is 0.410 e. The molecule has 1 aromatic rings. The minimum absolute atomic E-state index is 0.108. The molecule has 1 heterocycles. The lowest BCUT2D eigenvalue weighted by molar-refractivity contribution is 0.0128. The second-order valence-electron chi connectivity index (χ2n) is 7.43. The van der Waals surface area contributed by atoms with E-state index < -0.39 is 27.9 Å². The van der Waals surface area contributed by atoms with Crippen LogP contribution >= 0.6 is 0 Å². The van der Waals surface area contributed by atoms with Crippen LogP contribution in [0, 0.1) is 0 Å². The van der Waals surface area contributed by atoms with Gasteiger partial charge in [-0.3, -0.25) is 4.18 Å². The number of likely N-dealkylation sites (tertiary alicyclic amines) is 1. The first-order valence-corrected chi connectivity index (χ1v) is 10.3. The quantitative estimate of drug-likeness (QED) is 0.700. The lowest BCUT2D eigenvalue weighted by Gasteiger charge is -2.28. The van der Waals surface area contributed by atoms with Crippen LogP contribution in [0.2, 0.25) is 0 Å². The van der Waals surface area contributed by atoms with Crippen molar-refractivity contribution in [3.63, 3.8) is 0 Å². The van der Waals surface area contributed by atoms with Crippen LogP contribution in [-0.2, 0) is 30.4 Å². The van der Waals surface area contributed by atoms with Crippen molar-refractivity contribution in [3.05, 3.63) is 35.9 Å². The van der Waals surface area contributed by atoms with Crippen LogP contribution in [-0.4, -0.2) is 56.6 Å². The molecule has 0 spiro atoms. The summed E-state index contributed by atoms with van der Waals surface area (Å²) in [5.74, 6) is 0. The lowest BCUT2D eigenvalue weighted by Crippen LogP contribution is -2.42. The van der Waals surface area contributed by atoms with Gasteiger partial charge in [0, 0.05) is 0 Å². The van der Waals surface area contributed by atoms with E-state index in [0.29, 0.717) is 19.6 Å². The van der Waals surface area contributed by atoms with Crippen molar-refractivity contribution in [2.75, 3.05) is 19.4 Å². The van der Waals surface area contributed by atoms with Crippen molar-refractivity contribution in [3.8, 4) is 0 Å². The summed E-state index contributed by atoms with van der Waals surface area (Å²) in [6.45, 7) is 6.00. The third kappa shape index (κ3) is 6.93. The van der Waals surface area contributed by atoms with Crippen molar-refractivity contribution in [2.24, 2.45) is 0 Å². The number of amides is 1. The van der Waals surface area contributed by atoms with Gasteiger partial charge in [0.1, 0.15) is 5.60 Å². The lowest BCUT2D eigenvalue weighted by atomic mass is 10.2. The van der Waals surface area contributed by atoms with E-state index in [1.165, 1.54) is 4.90 Å². The molecule has 0 aliphatic carbocycles. The predicted molar refractivity (Wildman–Crippen MR) is 97.2 cm³/mol. The molecule has 0 aromatic heterocycles. The van der Waals surface area contributed by atoms with Gasteiger partial charge in [0.15, 0.2) is 0 Å². The molecule has 0 unspecified atom stereocenters. The van der Waals surface area contributed by atoms with Crippen LogP contribution in [0.4, 0.5) is 4.79 Å². The first-order chi connectivity index (χ1) is 12.0. The number of ether oxygens (including phenoxy) is 2. The molecule has 0 saturated carbocycles. The highest BCUT2D eigenvalue weighted by Gasteiger charge is 2.38. The van der Waals surface area contributed by atoms with Crippen LogP contribution in [0.1, 0.15) is 32.8 Å². The first-order valence-electron chi connectivity index (χ1n) is 8.53. The maximum atomic E-state index is 12.5. The molecule has 0 N–H and O–H groups in total. The van der Waals surface area contributed by atoms with Gasteiger partial charge in [-0.25, -0.2) is 4.79 Å². The second kappa shape index (κ2) is 8.37. The number of nitrogens with zero attached hydrogens (tertiary/aromatic N) is 1. The molecule has 0 bridgehead atoms. The Bertz CT molecular complexity index is 698. The fourth-order valence-corrected chi connectivity index (χ4v) is 3.09. The van der Waals surface area contributed by atoms with E-state index in [1.54, 1.807) is 20.8 Å². The monoisotopic (exact) mass is 385 g/mol. The standard InChI is InChI=1S/C18H27NO6S/c1-18(2,3)25-17(20)19-11-16(10-15(19)13-24-26(4,21)22)23-12-14-8-6-5-7-9-14/h5-9,15-16H,10-13H2,1-4H3/t15-,16+/m0/s1. The van der Waals surface area contributed by atoms with Gasteiger partial charge in [0.25, 0.3) is 10.1 Å². The summed E-state index contributed by atoms with van der Waals surface area (Å²) in [5, 5.41) is 0. The predicted octanol–water partition coefficient (Wildman–Crippen LogP) is 2.56. The second-order valence-corrected chi connectivity index (χ2v) is 9.07. The van der Waals surface area contributed by atoms with Gasteiger partial charge in [-0.2, -0.15) is 8.42 Å². The minimum atomic E-state index is -3.59. The topological polar surface area (TPSA) is 82.1 Å². The molecule has 1 saturated heterocycles. The van der Waals surface area contributed by atoms with E-state index in [-0.39, 0.29) is 12.7 Å². The zero-order valence-electron chi connectivity index (χ0n) is 15.7. The third-order valence-corrected chi connectivity index (χ3v) is 4.37. The fraction of sp³-hybridized carbons (Fsp3) is 0.611. The first kappa shape index (κ1) is 20.7. The van der Waals surface area contributed by atoms with Crippen molar-refractivity contribution in [2.45, 2.75) is 51.5 Å². The number of carbonyl (C=O) groups is 1. The van der Waals surface area contributed by atoms with Crippen LogP contribution in [0.3, 0.4) is 0 Å². The van der Waals surface area contributed by atoms with Gasteiger partial charge in [-0.15, -0.1) is 0 Å². The SMILES string of the molecule is CC(C)(C)OC(=O)N1C[C@H](OCc2ccccc2)C[C@H]1COS(C)(=O)=O. The molecule has 0 radical (unpaired) electrons. The average Bonchev–Trinajstić information content (AvgIpc) is 2.93. The number of rotatable bonds is 6. The Morgan fingerprint density at radius 1 is 1.23 bits per heavy atom. The molecular formula is C18H27NO6S. The molecule has 1 amide bonds. The molecule has 8 heteroatoms. The molecule has 26 heavy (non-hydrogen) atoms. The summed E-state index contributed by atoms with van der Waals surface area (Å²) in [6.07, 6.45) is 0.770. The van der Waals surface area contributed by atoms with Crippen LogP contribution in [0.15, 0.2) is 30.3 Å². The average molecular weight is 385 g/mol. The van der Waals surface area contributed by atoms with E-state index >= 15 is 0 Å². The summed E-state index contributed by atoms with van der Waals surface area (Å²) < 4.78 is 38.8. The molecule has 146 valence electrons. The molecule has 2 rings (SSSR count). The number of hydrogen-bond acceptors (Lipinski definition) is 6. The van der Waals surface area contributed by atoms with E-state index in [2.05, 4.69) is 0 Å². The molecule has 7 nitrogen and oxygen atoms in total. The smallest absolute Gasteiger partial charge is 0.410 e. The Hall–Kier alpha value is -1.64. The van der Waals surface area contributed by atoms with Gasteiger partial charge in [-0.05, 0) is 32.8 Å². The molecule has 2 atom stereocenters. The Labute approximate surface area is 155 Å². The maximum absolute atomic E-state index is 12.5. The molecule has 1 aliphatic heterocycles. The zero-order chi connectivity index (χ0) is 19.4. The molecule has 1 aliphatic rings. The summed E-state index contributed by atoms with van der Waals surface area (Å²) >= 11 is 0. The van der Waals surface area contributed by atoms with Crippen LogP contribution in [0.25, 0.3) is 0 Å². The summed E-state index contributed by atoms with van der Waals surface area (Å²) in [6, 6.07) is 9.31. The number of carbonyl (C=O) groups excluding carboxylic acids is 1. The van der Waals surface area contributed by atoms with E-state index in [9.17, 15) is 13.2 Å². The Balaban J connectivity index is 2.00. The highest BCUT2D eigenvalue weighted by Crippen LogP contribution is 2.24. The fourth-order valence-electron chi connectivity index (χ4n) is 2.69. The third-order valence-electron chi connectivity index (χ3n) is 3.81. The number of hydrogen-bond donors (Lipinski definition) is 0.